The van der Waals surface area contributed by atoms with Crippen molar-refractivity contribution in [3.8, 4) is 6.01 Å². The average Bonchev–Trinajstić information content (AvgIpc) is 2.90. The predicted octanol–water partition coefficient (Wildman–Crippen LogP) is 3.56. The predicted molar refractivity (Wildman–Crippen MR) is 93.1 cm³/mol. The molecule has 0 bridgehead atoms. The molecule has 0 unspecified atom stereocenters. The van der Waals surface area contributed by atoms with Gasteiger partial charge >= 0.3 is 12.0 Å². The van der Waals surface area contributed by atoms with Crippen LogP contribution < -0.4 is 10.1 Å². The molecular formula is C17H21N3O3S. The van der Waals surface area contributed by atoms with Crippen molar-refractivity contribution in [2.45, 2.75) is 51.2 Å². The van der Waals surface area contributed by atoms with Gasteiger partial charge in [-0.2, -0.15) is 0 Å². The SMILES string of the molecule is CC(C)(C)c1cc(NC2CC(Oc3ncccn3)C2)c(C(=O)O)s1. The zero-order valence-electron chi connectivity index (χ0n) is 13.9. The Kier molecular flexibility index (Phi) is 4.45. The molecule has 2 heterocycles. The molecular weight excluding hydrogens is 326 g/mol. The second-order valence-corrected chi connectivity index (χ2v) is 8.04. The third-order valence-electron chi connectivity index (χ3n) is 3.93. The summed E-state index contributed by atoms with van der Waals surface area (Å²) >= 11 is 1.34. The minimum Gasteiger partial charge on any atom is -0.477 e. The summed E-state index contributed by atoms with van der Waals surface area (Å²) in [6, 6.07) is 4.30. The Morgan fingerprint density at radius 2 is 2.00 bits per heavy atom. The fraction of sp³-hybridized carbons (Fsp3) is 0.471. The minimum absolute atomic E-state index is 0.0648. The molecule has 1 aliphatic rings. The molecule has 0 atom stereocenters. The number of nitrogens with one attached hydrogen (secondary N) is 1. The van der Waals surface area contributed by atoms with Crippen LogP contribution in [0.2, 0.25) is 0 Å². The fourth-order valence-electron chi connectivity index (χ4n) is 2.52. The van der Waals surface area contributed by atoms with Crippen LogP contribution in [0.3, 0.4) is 0 Å². The number of aromatic nitrogens is 2. The van der Waals surface area contributed by atoms with Gasteiger partial charge in [0.2, 0.25) is 0 Å². The van der Waals surface area contributed by atoms with Crippen LogP contribution in [0.15, 0.2) is 24.5 Å². The van der Waals surface area contributed by atoms with E-state index in [-0.39, 0.29) is 17.6 Å². The normalized spacial score (nSPS) is 20.3. The maximum atomic E-state index is 11.5. The van der Waals surface area contributed by atoms with Crippen LogP contribution in [0.5, 0.6) is 6.01 Å². The number of hydrogen-bond acceptors (Lipinski definition) is 6. The number of carbonyl (C=O) groups is 1. The average molecular weight is 347 g/mol. The Balaban J connectivity index is 1.61. The molecule has 0 aliphatic heterocycles. The van der Waals surface area contributed by atoms with Crippen LogP contribution in [-0.4, -0.2) is 33.2 Å². The number of rotatable bonds is 5. The first-order chi connectivity index (χ1) is 11.3. The molecule has 1 aliphatic carbocycles. The summed E-state index contributed by atoms with van der Waals surface area (Å²) in [5.41, 5.74) is 0.641. The number of nitrogens with zero attached hydrogens (tertiary/aromatic N) is 2. The van der Waals surface area contributed by atoms with Crippen molar-refractivity contribution >= 4 is 23.0 Å². The molecule has 6 nitrogen and oxygen atoms in total. The zero-order chi connectivity index (χ0) is 17.3. The lowest BCUT2D eigenvalue weighted by Gasteiger charge is -2.35. The Morgan fingerprint density at radius 1 is 1.33 bits per heavy atom. The van der Waals surface area contributed by atoms with Crippen LogP contribution in [0.25, 0.3) is 0 Å². The molecule has 0 radical (unpaired) electrons. The van der Waals surface area contributed by atoms with E-state index in [0.717, 1.165) is 17.7 Å². The molecule has 24 heavy (non-hydrogen) atoms. The molecule has 2 N–H and O–H groups in total. The molecule has 3 rings (SSSR count). The van der Waals surface area contributed by atoms with Gasteiger partial charge in [-0.05, 0) is 17.5 Å². The number of thiophene rings is 1. The van der Waals surface area contributed by atoms with E-state index < -0.39 is 5.97 Å². The topological polar surface area (TPSA) is 84.3 Å². The maximum absolute atomic E-state index is 11.5. The van der Waals surface area contributed by atoms with E-state index in [2.05, 4.69) is 36.1 Å². The van der Waals surface area contributed by atoms with E-state index in [1.165, 1.54) is 11.3 Å². The smallest absolute Gasteiger partial charge is 0.348 e. The number of carboxylic acid groups (broad SMARTS) is 1. The summed E-state index contributed by atoms with van der Waals surface area (Å²) in [5, 5.41) is 12.8. The summed E-state index contributed by atoms with van der Waals surface area (Å²) in [6.45, 7) is 6.25. The van der Waals surface area contributed by atoms with E-state index in [4.69, 9.17) is 4.74 Å². The molecule has 2 aromatic rings. The van der Waals surface area contributed by atoms with E-state index in [1.54, 1.807) is 18.5 Å². The Hall–Kier alpha value is -2.15. The van der Waals surface area contributed by atoms with Crippen molar-refractivity contribution in [1.82, 2.24) is 9.97 Å². The molecule has 7 heteroatoms. The van der Waals surface area contributed by atoms with E-state index >= 15 is 0 Å². The number of carboxylic acids is 1. The third-order valence-corrected chi connectivity index (χ3v) is 5.48. The minimum atomic E-state index is -0.886. The number of hydrogen-bond donors (Lipinski definition) is 2. The van der Waals surface area contributed by atoms with E-state index in [9.17, 15) is 9.90 Å². The molecule has 1 saturated carbocycles. The Labute approximate surface area is 144 Å². The first-order valence-corrected chi connectivity index (χ1v) is 8.72. The Morgan fingerprint density at radius 3 is 2.58 bits per heavy atom. The molecule has 0 amide bonds. The van der Waals surface area contributed by atoms with E-state index in [1.807, 2.05) is 6.07 Å². The van der Waals surface area contributed by atoms with Crippen LogP contribution in [0.1, 0.15) is 48.2 Å². The number of anilines is 1. The second-order valence-electron chi connectivity index (χ2n) is 6.99. The van der Waals surface area contributed by atoms with Crippen LogP contribution in [0.4, 0.5) is 5.69 Å². The van der Waals surface area contributed by atoms with Crippen molar-refractivity contribution in [1.29, 1.82) is 0 Å². The lowest BCUT2D eigenvalue weighted by atomic mass is 9.89. The van der Waals surface area contributed by atoms with Crippen LogP contribution in [0, 0.1) is 0 Å². The summed E-state index contributed by atoms with van der Waals surface area (Å²) in [7, 11) is 0. The highest BCUT2D eigenvalue weighted by Gasteiger charge is 2.33. The first kappa shape index (κ1) is 16.7. The summed E-state index contributed by atoms with van der Waals surface area (Å²) in [4.78, 5) is 21.0. The molecule has 128 valence electrons. The summed E-state index contributed by atoms with van der Waals surface area (Å²) in [5.74, 6) is -0.886. The van der Waals surface area contributed by atoms with Gasteiger partial charge < -0.3 is 15.2 Å². The van der Waals surface area contributed by atoms with Gasteiger partial charge in [0.25, 0.3) is 0 Å². The quantitative estimate of drug-likeness (QED) is 0.860. The number of ether oxygens (including phenoxy) is 1. The molecule has 1 fully saturated rings. The molecule has 2 aromatic heterocycles. The monoisotopic (exact) mass is 347 g/mol. The second kappa shape index (κ2) is 6.39. The summed E-state index contributed by atoms with van der Waals surface area (Å²) < 4.78 is 5.68. The lowest BCUT2D eigenvalue weighted by molar-refractivity contribution is 0.0703. The third kappa shape index (κ3) is 3.67. The highest BCUT2D eigenvalue weighted by molar-refractivity contribution is 7.14. The molecule has 0 saturated heterocycles. The highest BCUT2D eigenvalue weighted by Crippen LogP contribution is 2.37. The summed E-state index contributed by atoms with van der Waals surface area (Å²) in [6.07, 6.45) is 4.97. The zero-order valence-corrected chi connectivity index (χ0v) is 14.8. The van der Waals surface area contributed by atoms with Gasteiger partial charge in [0.05, 0.1) is 5.69 Å². The lowest BCUT2D eigenvalue weighted by Crippen LogP contribution is -2.42. The van der Waals surface area contributed by atoms with Gasteiger partial charge in [0, 0.05) is 36.2 Å². The van der Waals surface area contributed by atoms with Gasteiger partial charge in [-0.1, -0.05) is 20.8 Å². The maximum Gasteiger partial charge on any atom is 0.348 e. The van der Waals surface area contributed by atoms with Gasteiger partial charge in [-0.15, -0.1) is 11.3 Å². The largest absolute Gasteiger partial charge is 0.477 e. The van der Waals surface area contributed by atoms with Crippen molar-refractivity contribution in [2.24, 2.45) is 0 Å². The van der Waals surface area contributed by atoms with Gasteiger partial charge in [0.15, 0.2) is 0 Å². The number of aromatic carboxylic acids is 1. The van der Waals surface area contributed by atoms with E-state index in [0.29, 0.717) is 16.6 Å². The molecule has 0 spiro atoms. The first-order valence-electron chi connectivity index (χ1n) is 7.91. The van der Waals surface area contributed by atoms with Gasteiger partial charge in [-0.3, -0.25) is 0 Å². The molecule has 0 aromatic carbocycles. The highest BCUT2D eigenvalue weighted by atomic mass is 32.1. The van der Waals surface area contributed by atoms with Crippen molar-refractivity contribution in [3.05, 3.63) is 34.3 Å². The van der Waals surface area contributed by atoms with Gasteiger partial charge in [0.1, 0.15) is 11.0 Å². The van der Waals surface area contributed by atoms with Crippen LogP contribution >= 0.6 is 11.3 Å². The van der Waals surface area contributed by atoms with Crippen molar-refractivity contribution < 1.29 is 14.6 Å². The standard InChI is InChI=1S/C17H21N3O3S/c1-17(2,3)13-9-12(14(24-13)15(21)22)20-10-7-11(8-10)23-16-18-5-4-6-19-16/h4-6,9-11,20H,7-8H2,1-3H3,(H,21,22). The van der Waals surface area contributed by atoms with Crippen molar-refractivity contribution in [3.63, 3.8) is 0 Å². The fourth-order valence-corrected chi connectivity index (χ4v) is 3.54. The van der Waals surface area contributed by atoms with Gasteiger partial charge in [-0.25, -0.2) is 14.8 Å². The Bertz CT molecular complexity index is 718. The van der Waals surface area contributed by atoms with Crippen molar-refractivity contribution in [2.75, 3.05) is 5.32 Å². The van der Waals surface area contributed by atoms with Crippen LogP contribution in [-0.2, 0) is 5.41 Å².